The number of methoxy groups -OCH3 is 1. The Balaban J connectivity index is 1.37. The highest BCUT2D eigenvalue weighted by atomic mass is 19.1. The van der Waals surface area contributed by atoms with Crippen molar-refractivity contribution < 1.29 is 18.7 Å². The molecular weight excluding hydrogens is 461 g/mol. The lowest BCUT2D eigenvalue weighted by Gasteiger charge is -2.30. The van der Waals surface area contributed by atoms with E-state index >= 15 is 0 Å². The van der Waals surface area contributed by atoms with Crippen LogP contribution in [0.15, 0.2) is 54.9 Å². The number of ether oxygens (including phenoxy) is 2. The first-order valence-electron chi connectivity index (χ1n) is 11.3. The average Bonchev–Trinajstić information content (AvgIpc) is 2.91. The number of amides is 1. The van der Waals surface area contributed by atoms with Gasteiger partial charge in [0.2, 0.25) is 0 Å². The molecule has 4 aromatic rings. The van der Waals surface area contributed by atoms with Gasteiger partial charge in [0.05, 0.1) is 49.8 Å². The Bertz CT molecular complexity index is 1530. The molecule has 0 aliphatic carbocycles. The molecule has 1 aromatic carbocycles. The van der Waals surface area contributed by atoms with E-state index in [1.165, 1.54) is 19.4 Å². The van der Waals surface area contributed by atoms with E-state index in [2.05, 4.69) is 26.3 Å². The molecule has 8 nitrogen and oxygen atoms in total. The van der Waals surface area contributed by atoms with Gasteiger partial charge in [0.15, 0.2) is 5.82 Å². The fourth-order valence-electron chi connectivity index (χ4n) is 4.23. The van der Waals surface area contributed by atoms with Gasteiger partial charge in [0, 0.05) is 28.9 Å². The topological polar surface area (TPSA) is 110 Å². The molecule has 0 saturated carbocycles. The Labute approximate surface area is 206 Å². The number of benzene rings is 1. The van der Waals surface area contributed by atoms with E-state index in [0.717, 1.165) is 16.5 Å². The van der Waals surface area contributed by atoms with Crippen LogP contribution in [0.3, 0.4) is 0 Å². The number of hydrogen-bond acceptors (Lipinski definition) is 7. The van der Waals surface area contributed by atoms with Crippen LogP contribution < -0.4 is 10.1 Å². The molecule has 180 valence electrons. The second-order valence-corrected chi connectivity index (χ2v) is 8.74. The number of nitrogens with zero attached hydrogens (tertiary/aromatic N) is 4. The zero-order valence-corrected chi connectivity index (χ0v) is 19.7. The van der Waals surface area contributed by atoms with Crippen LogP contribution in [0.2, 0.25) is 0 Å². The minimum Gasteiger partial charge on any atom is -0.479 e. The van der Waals surface area contributed by atoms with Crippen molar-refractivity contribution in [3.05, 3.63) is 83.1 Å². The Morgan fingerprint density at radius 2 is 2.11 bits per heavy atom. The van der Waals surface area contributed by atoms with Gasteiger partial charge in [0.1, 0.15) is 5.41 Å². The van der Waals surface area contributed by atoms with Crippen molar-refractivity contribution in [2.24, 2.45) is 0 Å². The van der Waals surface area contributed by atoms with Crippen molar-refractivity contribution in [2.45, 2.75) is 25.5 Å². The summed E-state index contributed by atoms with van der Waals surface area (Å²) in [5.41, 5.74) is 3.29. The standard InChI is InChI=1S/C27H22FN5O3/c1-27(14-29)15-36-13-18-4-3-16(9-21(18)27)25(34)32-12-19-10-23-17(11-31-19)5-6-22(33-23)20-7-8-30-26(35-2)24(20)28/h3-11H,12-13,15H2,1-2H3,(H,32,34)/t27-/m1/s1. The predicted octanol–water partition coefficient (Wildman–Crippen LogP) is 4.08. The summed E-state index contributed by atoms with van der Waals surface area (Å²) in [6, 6.07) is 14.4. The first kappa shape index (κ1) is 23.3. The number of rotatable bonds is 5. The fourth-order valence-corrected chi connectivity index (χ4v) is 4.23. The first-order valence-corrected chi connectivity index (χ1v) is 11.3. The van der Waals surface area contributed by atoms with Crippen molar-refractivity contribution in [1.29, 1.82) is 5.26 Å². The van der Waals surface area contributed by atoms with E-state index in [-0.39, 0.29) is 30.5 Å². The van der Waals surface area contributed by atoms with Gasteiger partial charge in [-0.05, 0) is 54.4 Å². The summed E-state index contributed by atoms with van der Waals surface area (Å²) >= 11 is 0. The summed E-state index contributed by atoms with van der Waals surface area (Å²) in [4.78, 5) is 25.7. The highest BCUT2D eigenvalue weighted by Crippen LogP contribution is 2.32. The maximum Gasteiger partial charge on any atom is 0.251 e. The van der Waals surface area contributed by atoms with Gasteiger partial charge in [-0.2, -0.15) is 5.26 Å². The van der Waals surface area contributed by atoms with E-state index in [4.69, 9.17) is 9.47 Å². The molecule has 36 heavy (non-hydrogen) atoms. The van der Waals surface area contributed by atoms with Crippen LogP contribution in [0, 0.1) is 17.1 Å². The largest absolute Gasteiger partial charge is 0.479 e. The molecule has 9 heteroatoms. The van der Waals surface area contributed by atoms with Crippen LogP contribution >= 0.6 is 0 Å². The lowest BCUT2D eigenvalue weighted by molar-refractivity contribution is 0.0757. The van der Waals surface area contributed by atoms with Crippen molar-refractivity contribution in [3.63, 3.8) is 0 Å². The second kappa shape index (κ2) is 9.32. The van der Waals surface area contributed by atoms with Gasteiger partial charge in [-0.1, -0.05) is 6.07 Å². The van der Waals surface area contributed by atoms with Crippen LogP contribution in [-0.2, 0) is 23.3 Å². The van der Waals surface area contributed by atoms with E-state index in [9.17, 15) is 14.4 Å². The minimum absolute atomic E-state index is 0.0997. The molecule has 1 aliphatic rings. The van der Waals surface area contributed by atoms with Crippen LogP contribution in [0.1, 0.15) is 34.1 Å². The van der Waals surface area contributed by atoms with Gasteiger partial charge >= 0.3 is 0 Å². The lowest BCUT2D eigenvalue weighted by atomic mass is 9.79. The fraction of sp³-hybridized carbons (Fsp3) is 0.222. The molecule has 0 unspecified atom stereocenters. The lowest BCUT2D eigenvalue weighted by Crippen LogP contribution is -2.33. The second-order valence-electron chi connectivity index (χ2n) is 8.74. The molecular formula is C27H22FN5O3. The number of halogens is 1. The van der Waals surface area contributed by atoms with Crippen molar-refractivity contribution >= 4 is 16.8 Å². The molecule has 1 amide bonds. The number of carbonyl (C=O) groups is 1. The summed E-state index contributed by atoms with van der Waals surface area (Å²) in [6.07, 6.45) is 3.12. The molecule has 0 saturated heterocycles. The van der Waals surface area contributed by atoms with Gasteiger partial charge in [-0.3, -0.25) is 9.78 Å². The molecule has 4 heterocycles. The highest BCUT2D eigenvalue weighted by molar-refractivity contribution is 5.94. The van der Waals surface area contributed by atoms with Crippen LogP contribution in [0.25, 0.3) is 22.2 Å². The monoisotopic (exact) mass is 483 g/mol. The normalized spacial score (nSPS) is 16.7. The summed E-state index contributed by atoms with van der Waals surface area (Å²) in [7, 11) is 1.36. The average molecular weight is 484 g/mol. The summed E-state index contributed by atoms with van der Waals surface area (Å²) in [5.74, 6) is -0.964. The minimum atomic E-state index is -0.800. The summed E-state index contributed by atoms with van der Waals surface area (Å²) in [6.45, 7) is 2.68. The SMILES string of the molecule is COc1nccc(-c2ccc3cnc(CNC(=O)c4ccc5c(c4)[C@](C)(C#N)COC5)cc3n2)c1F. The van der Waals surface area contributed by atoms with Gasteiger partial charge in [-0.15, -0.1) is 0 Å². The van der Waals surface area contributed by atoms with Crippen LogP contribution in [-0.4, -0.2) is 34.6 Å². The van der Waals surface area contributed by atoms with Crippen molar-refractivity contribution in [3.8, 4) is 23.2 Å². The molecule has 5 rings (SSSR count). The van der Waals surface area contributed by atoms with E-state index in [0.29, 0.717) is 29.1 Å². The molecule has 0 fully saturated rings. The van der Waals surface area contributed by atoms with Gasteiger partial charge < -0.3 is 14.8 Å². The van der Waals surface area contributed by atoms with Crippen LogP contribution in [0.4, 0.5) is 4.39 Å². The zero-order valence-electron chi connectivity index (χ0n) is 19.7. The first-order chi connectivity index (χ1) is 17.4. The maximum atomic E-state index is 14.7. The van der Waals surface area contributed by atoms with Crippen LogP contribution in [0.5, 0.6) is 5.88 Å². The summed E-state index contributed by atoms with van der Waals surface area (Å²) < 4.78 is 25.2. The smallest absolute Gasteiger partial charge is 0.251 e. The molecule has 1 atom stereocenters. The number of carbonyl (C=O) groups excluding carboxylic acids is 1. The Morgan fingerprint density at radius 3 is 2.92 bits per heavy atom. The number of aromatic nitrogens is 3. The Kier molecular flexibility index (Phi) is 6.04. The molecule has 1 aliphatic heterocycles. The third kappa shape index (κ3) is 4.23. The molecule has 3 aromatic heterocycles. The van der Waals surface area contributed by atoms with E-state index in [1.807, 2.05) is 12.1 Å². The number of fused-ring (bicyclic) bond motifs is 2. The van der Waals surface area contributed by atoms with Gasteiger partial charge in [-0.25, -0.2) is 14.4 Å². The third-order valence-corrected chi connectivity index (χ3v) is 6.25. The molecule has 1 N–H and O–H groups in total. The zero-order chi connectivity index (χ0) is 25.3. The summed E-state index contributed by atoms with van der Waals surface area (Å²) in [5, 5.41) is 13.3. The maximum absolute atomic E-state index is 14.7. The van der Waals surface area contributed by atoms with E-state index in [1.54, 1.807) is 37.4 Å². The van der Waals surface area contributed by atoms with E-state index < -0.39 is 11.2 Å². The number of hydrogen-bond donors (Lipinski definition) is 1. The van der Waals surface area contributed by atoms with Gasteiger partial charge in [0.25, 0.3) is 11.8 Å². The predicted molar refractivity (Wildman–Crippen MR) is 130 cm³/mol. The van der Waals surface area contributed by atoms with Crippen molar-refractivity contribution in [2.75, 3.05) is 13.7 Å². The number of nitriles is 1. The third-order valence-electron chi connectivity index (χ3n) is 6.25. The molecule has 0 bridgehead atoms. The molecule has 0 spiro atoms. The number of nitrogens with one attached hydrogen (secondary N) is 1. The van der Waals surface area contributed by atoms with Crippen molar-refractivity contribution in [1.82, 2.24) is 20.3 Å². The Morgan fingerprint density at radius 1 is 1.25 bits per heavy atom. The highest BCUT2D eigenvalue weighted by Gasteiger charge is 2.33. The quantitative estimate of drug-likeness (QED) is 0.455. The number of pyridine rings is 3. The Hall–Kier alpha value is -4.42. The molecule has 0 radical (unpaired) electrons.